The Morgan fingerprint density at radius 2 is 1.94 bits per heavy atom. The number of amides is 2. The Hall–Kier alpha value is -1.76. The lowest BCUT2D eigenvalue weighted by Gasteiger charge is -2.09. The van der Waals surface area contributed by atoms with Gasteiger partial charge in [0.05, 0.1) is 20.4 Å². The van der Waals surface area contributed by atoms with Crippen molar-refractivity contribution >= 4 is 28.2 Å². The number of hydrazone groups is 1. The maximum Gasteiger partial charge on any atom is 0.332 e. The van der Waals surface area contributed by atoms with Crippen molar-refractivity contribution in [3.05, 3.63) is 22.2 Å². The highest BCUT2D eigenvalue weighted by Crippen LogP contribution is 2.35. The van der Waals surface area contributed by atoms with Crippen LogP contribution in [0.25, 0.3) is 0 Å². The second kappa shape index (κ2) is 6.09. The molecule has 1 aromatic rings. The van der Waals surface area contributed by atoms with Crippen LogP contribution in [0, 0.1) is 0 Å². The van der Waals surface area contributed by atoms with Crippen molar-refractivity contribution in [1.82, 2.24) is 5.43 Å². The third-order valence-corrected chi connectivity index (χ3v) is 2.64. The molecule has 0 radical (unpaired) electrons. The summed E-state index contributed by atoms with van der Waals surface area (Å²) in [5.74, 6) is 1.20. The highest BCUT2D eigenvalue weighted by Gasteiger charge is 2.08. The number of urea groups is 1. The maximum absolute atomic E-state index is 10.4. The molecular formula is C10H12BrN3O3. The second-order valence-corrected chi connectivity index (χ2v) is 3.77. The molecule has 0 heterocycles. The van der Waals surface area contributed by atoms with E-state index in [4.69, 9.17) is 15.2 Å². The number of primary amides is 1. The van der Waals surface area contributed by atoms with Crippen molar-refractivity contribution in [2.75, 3.05) is 14.2 Å². The van der Waals surface area contributed by atoms with Gasteiger partial charge in [-0.1, -0.05) is 0 Å². The van der Waals surface area contributed by atoms with Crippen LogP contribution in [0.1, 0.15) is 5.56 Å². The fourth-order valence-corrected chi connectivity index (χ4v) is 1.69. The minimum Gasteiger partial charge on any atom is -0.495 e. The Morgan fingerprint density at radius 1 is 1.41 bits per heavy atom. The summed E-state index contributed by atoms with van der Waals surface area (Å²) < 4.78 is 11.0. The topological polar surface area (TPSA) is 85.9 Å². The smallest absolute Gasteiger partial charge is 0.332 e. The lowest BCUT2D eigenvalue weighted by molar-refractivity contribution is 0.249. The predicted octanol–water partition coefficient (Wildman–Crippen LogP) is 1.47. The van der Waals surface area contributed by atoms with Crippen molar-refractivity contribution < 1.29 is 14.3 Å². The Labute approximate surface area is 107 Å². The molecule has 0 saturated heterocycles. The number of ether oxygens (including phenoxy) is 2. The number of rotatable bonds is 4. The molecule has 0 aliphatic heterocycles. The molecule has 0 aliphatic carbocycles. The lowest BCUT2D eigenvalue weighted by Crippen LogP contribution is -2.24. The molecule has 0 unspecified atom stereocenters. The van der Waals surface area contributed by atoms with Gasteiger partial charge in [0.2, 0.25) is 0 Å². The number of methoxy groups -OCH3 is 2. The zero-order valence-electron chi connectivity index (χ0n) is 9.36. The van der Waals surface area contributed by atoms with Crippen LogP contribution in [-0.2, 0) is 0 Å². The molecule has 7 heteroatoms. The average molecular weight is 302 g/mol. The van der Waals surface area contributed by atoms with E-state index in [2.05, 4.69) is 26.5 Å². The molecule has 1 aromatic carbocycles. The monoisotopic (exact) mass is 301 g/mol. The minimum absolute atomic E-state index is 0.602. The summed E-state index contributed by atoms with van der Waals surface area (Å²) in [7, 11) is 3.09. The van der Waals surface area contributed by atoms with Gasteiger partial charge in [-0.25, -0.2) is 10.2 Å². The fourth-order valence-electron chi connectivity index (χ4n) is 1.13. The maximum atomic E-state index is 10.4. The molecule has 1 rings (SSSR count). The number of benzene rings is 1. The zero-order chi connectivity index (χ0) is 12.8. The van der Waals surface area contributed by atoms with Crippen LogP contribution in [0.15, 0.2) is 21.7 Å². The van der Waals surface area contributed by atoms with Crippen molar-refractivity contribution in [3.63, 3.8) is 0 Å². The number of carbonyl (C=O) groups is 1. The van der Waals surface area contributed by atoms with Crippen LogP contribution >= 0.6 is 15.9 Å². The molecule has 2 amide bonds. The number of carbonyl (C=O) groups excluding carboxylic acids is 1. The quantitative estimate of drug-likeness (QED) is 0.652. The molecule has 17 heavy (non-hydrogen) atoms. The van der Waals surface area contributed by atoms with E-state index in [0.29, 0.717) is 21.5 Å². The summed E-state index contributed by atoms with van der Waals surface area (Å²) in [6.45, 7) is 0. The predicted molar refractivity (Wildman–Crippen MR) is 67.6 cm³/mol. The highest BCUT2D eigenvalue weighted by molar-refractivity contribution is 9.10. The van der Waals surface area contributed by atoms with Crippen LogP contribution < -0.4 is 20.6 Å². The average Bonchev–Trinajstić information content (AvgIpc) is 2.30. The molecular weight excluding hydrogens is 290 g/mol. The van der Waals surface area contributed by atoms with Crippen molar-refractivity contribution in [3.8, 4) is 11.5 Å². The first kappa shape index (κ1) is 13.3. The van der Waals surface area contributed by atoms with E-state index in [0.717, 1.165) is 0 Å². The number of hydrogen-bond acceptors (Lipinski definition) is 4. The van der Waals surface area contributed by atoms with E-state index in [1.807, 2.05) is 0 Å². The molecule has 3 N–H and O–H groups in total. The summed E-state index contributed by atoms with van der Waals surface area (Å²) in [5, 5.41) is 3.65. The molecule has 0 spiro atoms. The Kier molecular flexibility index (Phi) is 4.77. The Bertz CT molecular complexity index is 423. The normalized spacial score (nSPS) is 10.3. The Balaban J connectivity index is 3.00. The first-order valence-electron chi connectivity index (χ1n) is 4.58. The van der Waals surface area contributed by atoms with Gasteiger partial charge in [-0.2, -0.15) is 5.10 Å². The number of nitrogens with one attached hydrogen (secondary N) is 1. The SMILES string of the molecule is COc1cc(C=NNC(N)=O)cc(OC)c1Br. The summed E-state index contributed by atoms with van der Waals surface area (Å²) in [6.07, 6.45) is 1.43. The van der Waals surface area contributed by atoms with E-state index < -0.39 is 6.03 Å². The summed E-state index contributed by atoms with van der Waals surface area (Å²) in [6, 6.07) is 2.75. The van der Waals surface area contributed by atoms with E-state index in [1.165, 1.54) is 6.21 Å². The summed E-state index contributed by atoms with van der Waals surface area (Å²) in [4.78, 5) is 10.4. The van der Waals surface area contributed by atoms with Gasteiger partial charge >= 0.3 is 6.03 Å². The van der Waals surface area contributed by atoms with E-state index in [-0.39, 0.29) is 0 Å². The van der Waals surface area contributed by atoms with Crippen LogP contribution in [-0.4, -0.2) is 26.5 Å². The summed E-state index contributed by atoms with van der Waals surface area (Å²) in [5.41, 5.74) is 7.67. The van der Waals surface area contributed by atoms with Crippen LogP contribution in [0.3, 0.4) is 0 Å². The largest absolute Gasteiger partial charge is 0.495 e. The van der Waals surface area contributed by atoms with Crippen molar-refractivity contribution in [2.24, 2.45) is 10.8 Å². The molecule has 6 nitrogen and oxygen atoms in total. The molecule has 0 bridgehead atoms. The van der Waals surface area contributed by atoms with E-state index in [9.17, 15) is 4.79 Å². The van der Waals surface area contributed by atoms with Gasteiger partial charge in [-0.15, -0.1) is 0 Å². The second-order valence-electron chi connectivity index (χ2n) is 2.97. The van der Waals surface area contributed by atoms with Gasteiger partial charge in [0.25, 0.3) is 0 Å². The molecule has 92 valence electrons. The minimum atomic E-state index is -0.725. The molecule has 0 aliphatic rings. The lowest BCUT2D eigenvalue weighted by atomic mass is 10.2. The highest BCUT2D eigenvalue weighted by atomic mass is 79.9. The van der Waals surface area contributed by atoms with Crippen LogP contribution in [0.4, 0.5) is 4.79 Å². The van der Waals surface area contributed by atoms with Gasteiger partial charge < -0.3 is 15.2 Å². The van der Waals surface area contributed by atoms with Gasteiger partial charge in [-0.05, 0) is 28.1 Å². The molecule has 0 atom stereocenters. The Morgan fingerprint density at radius 3 is 2.35 bits per heavy atom. The first-order valence-corrected chi connectivity index (χ1v) is 5.37. The molecule has 0 fully saturated rings. The van der Waals surface area contributed by atoms with Gasteiger partial charge in [0.15, 0.2) is 0 Å². The molecule has 0 aromatic heterocycles. The van der Waals surface area contributed by atoms with Gasteiger partial charge in [0, 0.05) is 5.56 Å². The van der Waals surface area contributed by atoms with E-state index >= 15 is 0 Å². The van der Waals surface area contributed by atoms with Gasteiger partial charge in [0.1, 0.15) is 16.0 Å². The fraction of sp³-hybridized carbons (Fsp3) is 0.200. The third-order valence-electron chi connectivity index (χ3n) is 1.86. The van der Waals surface area contributed by atoms with Crippen molar-refractivity contribution in [1.29, 1.82) is 0 Å². The molecule has 0 saturated carbocycles. The van der Waals surface area contributed by atoms with Crippen molar-refractivity contribution in [2.45, 2.75) is 0 Å². The van der Waals surface area contributed by atoms with E-state index in [1.54, 1.807) is 26.4 Å². The number of halogens is 1. The first-order chi connectivity index (χ1) is 8.08. The number of nitrogens with zero attached hydrogens (tertiary/aromatic N) is 1. The van der Waals surface area contributed by atoms with Crippen LogP contribution in [0.5, 0.6) is 11.5 Å². The number of nitrogens with two attached hydrogens (primary N) is 1. The summed E-state index contributed by atoms with van der Waals surface area (Å²) >= 11 is 3.34. The zero-order valence-corrected chi connectivity index (χ0v) is 10.9. The number of hydrogen-bond donors (Lipinski definition) is 2. The van der Waals surface area contributed by atoms with Crippen LogP contribution in [0.2, 0.25) is 0 Å². The van der Waals surface area contributed by atoms with Gasteiger partial charge in [-0.3, -0.25) is 0 Å². The third kappa shape index (κ3) is 3.63. The standard InChI is InChI=1S/C10H12BrN3O3/c1-16-7-3-6(5-13-14-10(12)15)4-8(17-2)9(7)11/h3-5H,1-2H3,(H3,12,14,15).